The van der Waals surface area contributed by atoms with Crippen LogP contribution in [-0.2, 0) is 30.3 Å². The van der Waals surface area contributed by atoms with E-state index in [4.69, 9.17) is 0 Å². The SMILES string of the molecule is CC(C)NC(=O)Nc1ccc(C=Cc2ccc(NS(C)(=O)=O)cc2S(=O)(=O)[O-])c(S(=O)(=O)[O-])c1.[Na+].[Na+]. The van der Waals surface area contributed by atoms with E-state index in [1.165, 1.54) is 18.2 Å². The van der Waals surface area contributed by atoms with Crippen LogP contribution in [0.3, 0.4) is 0 Å². The molecular formula is C19H21N3Na2O9S3. The van der Waals surface area contributed by atoms with Gasteiger partial charge in [-0.1, -0.05) is 24.3 Å². The number of carbonyl (C=O) groups is 1. The number of amides is 2. The van der Waals surface area contributed by atoms with E-state index in [9.17, 15) is 39.2 Å². The zero-order valence-corrected chi connectivity index (χ0v) is 26.5. The van der Waals surface area contributed by atoms with E-state index in [0.29, 0.717) is 0 Å². The molecule has 0 bridgehead atoms. The molecule has 0 aliphatic rings. The number of nitrogens with one attached hydrogen (secondary N) is 3. The molecule has 2 aromatic carbocycles. The minimum Gasteiger partial charge on any atom is -0.744 e. The number of sulfonamides is 1. The van der Waals surface area contributed by atoms with Crippen LogP contribution in [0, 0.1) is 0 Å². The normalized spacial score (nSPS) is 11.9. The Morgan fingerprint density at radius 3 is 1.61 bits per heavy atom. The number of hydrogen-bond donors (Lipinski definition) is 3. The molecule has 17 heteroatoms. The van der Waals surface area contributed by atoms with Crippen molar-refractivity contribution in [3.63, 3.8) is 0 Å². The fraction of sp³-hybridized carbons (Fsp3) is 0.211. The average molecular weight is 578 g/mol. The Morgan fingerprint density at radius 1 is 0.806 bits per heavy atom. The Labute approximate surface area is 254 Å². The van der Waals surface area contributed by atoms with Gasteiger partial charge in [-0.2, -0.15) is 0 Å². The van der Waals surface area contributed by atoms with Crippen molar-refractivity contribution in [3.8, 4) is 0 Å². The van der Waals surface area contributed by atoms with Crippen LogP contribution in [0.15, 0.2) is 46.2 Å². The molecule has 0 spiro atoms. The number of carbonyl (C=O) groups excluding carboxylic acids is 1. The van der Waals surface area contributed by atoms with Gasteiger partial charge in [-0.05, 0) is 49.2 Å². The molecule has 2 aromatic rings. The molecule has 0 radical (unpaired) electrons. The molecule has 0 fully saturated rings. The largest absolute Gasteiger partial charge is 1.00 e. The Hall–Kier alpha value is -0.980. The Kier molecular flexibility index (Phi) is 13.3. The Balaban J connectivity index is 0.00000612. The molecule has 186 valence electrons. The van der Waals surface area contributed by atoms with Gasteiger partial charge in [0, 0.05) is 17.4 Å². The molecule has 2 rings (SSSR count). The monoisotopic (exact) mass is 577 g/mol. The summed E-state index contributed by atoms with van der Waals surface area (Å²) < 4.78 is 95.1. The van der Waals surface area contributed by atoms with Crippen molar-refractivity contribution in [1.82, 2.24) is 5.32 Å². The van der Waals surface area contributed by atoms with Crippen molar-refractivity contribution in [3.05, 3.63) is 47.5 Å². The van der Waals surface area contributed by atoms with Gasteiger partial charge < -0.3 is 19.7 Å². The first-order valence-electron chi connectivity index (χ1n) is 9.39. The number of anilines is 2. The van der Waals surface area contributed by atoms with Crippen LogP contribution in [0.4, 0.5) is 16.2 Å². The second-order valence-electron chi connectivity index (χ2n) is 7.37. The van der Waals surface area contributed by atoms with E-state index in [1.807, 2.05) is 4.72 Å². The Bertz CT molecular complexity index is 1460. The first-order chi connectivity index (χ1) is 15.5. The van der Waals surface area contributed by atoms with Crippen LogP contribution in [0.2, 0.25) is 0 Å². The summed E-state index contributed by atoms with van der Waals surface area (Å²) in [6.07, 6.45) is 3.01. The zero-order chi connectivity index (χ0) is 25.9. The summed E-state index contributed by atoms with van der Waals surface area (Å²) in [6.45, 7) is 3.42. The molecule has 0 aliphatic heterocycles. The van der Waals surface area contributed by atoms with Crippen molar-refractivity contribution in [1.29, 1.82) is 0 Å². The van der Waals surface area contributed by atoms with Crippen LogP contribution in [0.5, 0.6) is 0 Å². The van der Waals surface area contributed by atoms with Gasteiger partial charge in [0.15, 0.2) is 0 Å². The molecule has 0 saturated carbocycles. The van der Waals surface area contributed by atoms with Crippen molar-refractivity contribution >= 4 is 59.8 Å². The van der Waals surface area contributed by atoms with Crippen molar-refractivity contribution in [2.75, 3.05) is 16.3 Å². The quantitative estimate of drug-likeness (QED) is 0.157. The van der Waals surface area contributed by atoms with Gasteiger partial charge in [-0.15, -0.1) is 0 Å². The topological polar surface area (TPSA) is 202 Å². The predicted octanol–water partition coefficient (Wildman–Crippen LogP) is -4.43. The summed E-state index contributed by atoms with van der Waals surface area (Å²) in [4.78, 5) is 10.4. The minimum absolute atomic E-state index is 0. The standard InChI is InChI=1S/C19H23N3O9S3.2Na/c1-12(2)20-19(23)21-15-8-6-13(17(10-15)33(26,27)28)4-5-14-7-9-16(22-32(3,24)25)11-18(14)34(29,30)31;;/h4-12,22H,1-3H3,(H2,20,21,23)(H,26,27,28)(H,29,30,31);;/q;2*+1/p-2. The first kappa shape index (κ1) is 35.0. The first-order valence-corrected chi connectivity index (χ1v) is 14.1. The third-order valence-electron chi connectivity index (χ3n) is 3.99. The van der Waals surface area contributed by atoms with Crippen LogP contribution in [-0.4, -0.2) is 52.7 Å². The molecule has 3 N–H and O–H groups in total. The van der Waals surface area contributed by atoms with E-state index in [1.54, 1.807) is 13.8 Å². The third kappa shape index (κ3) is 11.2. The maximum absolute atomic E-state index is 11.8. The summed E-state index contributed by atoms with van der Waals surface area (Å²) in [5.41, 5.74) is -0.477. The number of urea groups is 1. The van der Waals surface area contributed by atoms with Gasteiger partial charge in [0.25, 0.3) is 0 Å². The molecular weight excluding hydrogens is 556 g/mol. The van der Waals surface area contributed by atoms with Crippen molar-refractivity contribution in [2.45, 2.75) is 29.7 Å². The minimum atomic E-state index is -5.06. The summed E-state index contributed by atoms with van der Waals surface area (Å²) in [5, 5.41) is 4.92. The van der Waals surface area contributed by atoms with Crippen LogP contribution in [0.1, 0.15) is 25.0 Å². The fourth-order valence-corrected chi connectivity index (χ4v) is 4.69. The van der Waals surface area contributed by atoms with E-state index in [2.05, 4.69) is 10.6 Å². The van der Waals surface area contributed by atoms with Gasteiger partial charge in [0.1, 0.15) is 20.2 Å². The molecule has 0 heterocycles. The molecule has 0 aromatic heterocycles. The van der Waals surface area contributed by atoms with Crippen molar-refractivity contribution < 1.29 is 98.3 Å². The summed E-state index contributed by atoms with van der Waals surface area (Å²) >= 11 is 0. The smallest absolute Gasteiger partial charge is 0.744 e. The second-order valence-corrected chi connectivity index (χ2v) is 11.8. The molecule has 0 unspecified atom stereocenters. The van der Waals surface area contributed by atoms with E-state index < -0.39 is 46.1 Å². The van der Waals surface area contributed by atoms with Gasteiger partial charge in [-0.25, -0.2) is 30.0 Å². The summed E-state index contributed by atoms with van der Waals surface area (Å²) in [5.74, 6) is 0. The van der Waals surface area contributed by atoms with E-state index in [-0.39, 0.29) is 87.7 Å². The van der Waals surface area contributed by atoms with Gasteiger partial charge in [0.2, 0.25) is 10.0 Å². The van der Waals surface area contributed by atoms with E-state index in [0.717, 1.165) is 36.6 Å². The average Bonchev–Trinajstić information content (AvgIpc) is 2.64. The molecule has 36 heavy (non-hydrogen) atoms. The number of hydrogen-bond acceptors (Lipinski definition) is 9. The molecule has 12 nitrogen and oxygen atoms in total. The maximum Gasteiger partial charge on any atom is 1.00 e. The van der Waals surface area contributed by atoms with Crippen LogP contribution < -0.4 is 74.5 Å². The Morgan fingerprint density at radius 2 is 1.22 bits per heavy atom. The number of benzene rings is 2. The third-order valence-corrected chi connectivity index (χ3v) is 6.38. The fourth-order valence-electron chi connectivity index (χ4n) is 2.74. The van der Waals surface area contributed by atoms with Gasteiger partial charge in [-0.3, -0.25) is 4.72 Å². The molecule has 2 amide bonds. The van der Waals surface area contributed by atoms with Gasteiger partial charge >= 0.3 is 65.1 Å². The van der Waals surface area contributed by atoms with Crippen LogP contribution in [0.25, 0.3) is 12.2 Å². The van der Waals surface area contributed by atoms with Crippen molar-refractivity contribution in [2.24, 2.45) is 0 Å². The molecule has 0 atom stereocenters. The van der Waals surface area contributed by atoms with Crippen LogP contribution >= 0.6 is 0 Å². The molecule has 0 aliphatic carbocycles. The second kappa shape index (κ2) is 13.7. The van der Waals surface area contributed by atoms with E-state index >= 15 is 0 Å². The molecule has 0 saturated heterocycles. The predicted molar refractivity (Wildman–Crippen MR) is 123 cm³/mol. The zero-order valence-electron chi connectivity index (χ0n) is 20.1. The number of rotatable bonds is 8. The maximum atomic E-state index is 11.8. The van der Waals surface area contributed by atoms with Gasteiger partial charge in [0.05, 0.1) is 16.0 Å². The summed E-state index contributed by atoms with van der Waals surface area (Å²) in [7, 11) is -13.8. The summed E-state index contributed by atoms with van der Waals surface area (Å²) in [6, 6.07) is 5.78.